The van der Waals surface area contributed by atoms with Crippen molar-refractivity contribution < 1.29 is 0 Å². The molecular weight excluding hydrogens is 248 g/mol. The first kappa shape index (κ1) is 13.8. The molecule has 0 atom stereocenters. The first-order valence-corrected chi connectivity index (χ1v) is 7.36. The van der Waals surface area contributed by atoms with Gasteiger partial charge in [0, 0.05) is 18.0 Å². The molecule has 1 aliphatic rings. The van der Waals surface area contributed by atoms with E-state index in [2.05, 4.69) is 29.2 Å². The summed E-state index contributed by atoms with van der Waals surface area (Å²) >= 11 is 6.12. The fourth-order valence-electron chi connectivity index (χ4n) is 2.60. The van der Waals surface area contributed by atoms with Gasteiger partial charge >= 0.3 is 0 Å². The molecule has 18 heavy (non-hydrogen) atoms. The highest BCUT2D eigenvalue weighted by Crippen LogP contribution is 2.30. The van der Waals surface area contributed by atoms with Gasteiger partial charge in [-0.05, 0) is 18.8 Å². The highest BCUT2D eigenvalue weighted by Gasteiger charge is 2.32. The lowest BCUT2D eigenvalue weighted by atomic mass is 10.0. The maximum absolute atomic E-state index is 6.12. The standard InChI is InChI=1S/C13H23ClN4/c1-11(2)8-18-12(15-10-17-18)7-16-13(9-14)5-3-4-6-13/h10-11,16H,3-9H2,1-2H3. The molecule has 0 bridgehead atoms. The zero-order chi connectivity index (χ0) is 13.0. The van der Waals surface area contributed by atoms with Crippen LogP contribution < -0.4 is 5.32 Å². The van der Waals surface area contributed by atoms with E-state index in [0.717, 1.165) is 18.9 Å². The first-order valence-electron chi connectivity index (χ1n) is 6.83. The number of rotatable bonds is 6. The van der Waals surface area contributed by atoms with E-state index in [1.54, 1.807) is 6.33 Å². The van der Waals surface area contributed by atoms with Crippen LogP contribution in [0.4, 0.5) is 0 Å². The van der Waals surface area contributed by atoms with E-state index in [1.165, 1.54) is 25.7 Å². The van der Waals surface area contributed by atoms with Gasteiger partial charge in [-0.25, -0.2) is 9.67 Å². The van der Waals surface area contributed by atoms with E-state index in [4.69, 9.17) is 11.6 Å². The van der Waals surface area contributed by atoms with E-state index < -0.39 is 0 Å². The van der Waals surface area contributed by atoms with Crippen LogP contribution >= 0.6 is 11.6 Å². The quantitative estimate of drug-likeness (QED) is 0.808. The molecule has 1 N–H and O–H groups in total. The zero-order valence-corrected chi connectivity index (χ0v) is 12.1. The van der Waals surface area contributed by atoms with Crippen molar-refractivity contribution >= 4 is 11.6 Å². The summed E-state index contributed by atoms with van der Waals surface area (Å²) in [5.74, 6) is 2.28. The fraction of sp³-hybridized carbons (Fsp3) is 0.846. The molecule has 0 unspecified atom stereocenters. The summed E-state index contributed by atoms with van der Waals surface area (Å²) in [7, 11) is 0. The van der Waals surface area contributed by atoms with Crippen LogP contribution in [-0.2, 0) is 13.1 Å². The van der Waals surface area contributed by atoms with E-state index in [9.17, 15) is 0 Å². The molecule has 0 amide bonds. The van der Waals surface area contributed by atoms with Crippen LogP contribution in [0, 0.1) is 5.92 Å². The van der Waals surface area contributed by atoms with Crippen molar-refractivity contribution in [2.45, 2.75) is 58.2 Å². The molecule has 0 radical (unpaired) electrons. The van der Waals surface area contributed by atoms with Gasteiger partial charge in [-0.3, -0.25) is 0 Å². The van der Waals surface area contributed by atoms with Gasteiger partial charge in [-0.1, -0.05) is 26.7 Å². The Balaban J connectivity index is 1.95. The van der Waals surface area contributed by atoms with Crippen LogP contribution in [0.25, 0.3) is 0 Å². The number of nitrogens with zero attached hydrogens (tertiary/aromatic N) is 3. The van der Waals surface area contributed by atoms with Gasteiger partial charge in [-0.2, -0.15) is 5.10 Å². The molecule has 2 rings (SSSR count). The summed E-state index contributed by atoms with van der Waals surface area (Å²) in [6.07, 6.45) is 6.54. The molecule has 0 saturated heterocycles. The number of alkyl halides is 1. The molecule has 5 heteroatoms. The molecule has 0 spiro atoms. The normalized spacial score (nSPS) is 18.7. The van der Waals surface area contributed by atoms with Crippen LogP contribution in [0.3, 0.4) is 0 Å². The Morgan fingerprint density at radius 1 is 1.44 bits per heavy atom. The van der Waals surface area contributed by atoms with Gasteiger partial charge in [0.05, 0.1) is 6.54 Å². The Kier molecular flexibility index (Phi) is 4.62. The second-order valence-corrected chi connectivity index (χ2v) is 5.99. The number of hydrogen-bond acceptors (Lipinski definition) is 3. The van der Waals surface area contributed by atoms with Gasteiger partial charge in [0.2, 0.25) is 0 Å². The van der Waals surface area contributed by atoms with Crippen molar-refractivity contribution in [1.82, 2.24) is 20.1 Å². The summed E-state index contributed by atoms with van der Waals surface area (Å²) in [6, 6.07) is 0. The predicted octanol–water partition coefficient (Wildman–Crippen LogP) is 2.58. The lowest BCUT2D eigenvalue weighted by Gasteiger charge is -2.27. The highest BCUT2D eigenvalue weighted by atomic mass is 35.5. The minimum absolute atomic E-state index is 0.121. The lowest BCUT2D eigenvalue weighted by Crippen LogP contribution is -2.44. The SMILES string of the molecule is CC(C)Cn1ncnc1CNC1(CCl)CCCC1. The first-order chi connectivity index (χ1) is 8.65. The predicted molar refractivity (Wildman–Crippen MR) is 73.6 cm³/mol. The third-order valence-corrected chi connectivity index (χ3v) is 4.18. The molecule has 1 saturated carbocycles. The third-order valence-electron chi connectivity index (χ3n) is 3.67. The van der Waals surface area contributed by atoms with Gasteiger partial charge < -0.3 is 5.32 Å². The average molecular weight is 271 g/mol. The Labute approximate surface area is 114 Å². The lowest BCUT2D eigenvalue weighted by molar-refractivity contribution is 0.353. The molecule has 1 aromatic rings. The van der Waals surface area contributed by atoms with Gasteiger partial charge in [0.15, 0.2) is 0 Å². The second-order valence-electron chi connectivity index (χ2n) is 5.73. The molecule has 1 aromatic heterocycles. The van der Waals surface area contributed by atoms with Crippen LogP contribution in [0.5, 0.6) is 0 Å². The van der Waals surface area contributed by atoms with Crippen LogP contribution in [0.1, 0.15) is 45.4 Å². The van der Waals surface area contributed by atoms with E-state index in [0.29, 0.717) is 11.8 Å². The summed E-state index contributed by atoms with van der Waals surface area (Å²) in [5.41, 5.74) is 0.121. The average Bonchev–Trinajstić information content (AvgIpc) is 2.95. The second kappa shape index (κ2) is 6.02. The van der Waals surface area contributed by atoms with Crippen LogP contribution in [0.15, 0.2) is 6.33 Å². The van der Waals surface area contributed by atoms with Crippen molar-refractivity contribution in [3.05, 3.63) is 12.2 Å². The summed E-state index contributed by atoms with van der Waals surface area (Å²) in [5, 5.41) is 7.89. The Morgan fingerprint density at radius 3 is 2.78 bits per heavy atom. The maximum atomic E-state index is 6.12. The summed E-state index contributed by atoms with van der Waals surface area (Å²) in [4.78, 5) is 4.34. The Bertz CT molecular complexity index is 369. The maximum Gasteiger partial charge on any atom is 0.140 e. The van der Waals surface area contributed by atoms with Crippen LogP contribution in [-0.4, -0.2) is 26.2 Å². The molecule has 102 valence electrons. The van der Waals surface area contributed by atoms with E-state index in [-0.39, 0.29) is 5.54 Å². The number of halogens is 1. The number of nitrogens with one attached hydrogen (secondary N) is 1. The smallest absolute Gasteiger partial charge is 0.140 e. The molecule has 0 aromatic carbocycles. The van der Waals surface area contributed by atoms with Crippen molar-refractivity contribution in [1.29, 1.82) is 0 Å². The van der Waals surface area contributed by atoms with Crippen molar-refractivity contribution in [3.63, 3.8) is 0 Å². The molecule has 1 aliphatic carbocycles. The molecule has 0 aliphatic heterocycles. The zero-order valence-electron chi connectivity index (χ0n) is 11.3. The molecule has 1 heterocycles. The van der Waals surface area contributed by atoms with E-state index in [1.807, 2.05) is 4.68 Å². The Morgan fingerprint density at radius 2 is 2.17 bits per heavy atom. The molecule has 4 nitrogen and oxygen atoms in total. The van der Waals surface area contributed by atoms with Gasteiger partial charge in [-0.15, -0.1) is 11.6 Å². The van der Waals surface area contributed by atoms with Crippen LogP contribution in [0.2, 0.25) is 0 Å². The highest BCUT2D eigenvalue weighted by molar-refractivity contribution is 6.18. The molecular formula is C13H23ClN4. The van der Waals surface area contributed by atoms with Gasteiger partial charge in [0.1, 0.15) is 12.2 Å². The van der Waals surface area contributed by atoms with Gasteiger partial charge in [0.25, 0.3) is 0 Å². The topological polar surface area (TPSA) is 42.7 Å². The minimum atomic E-state index is 0.121. The largest absolute Gasteiger partial charge is 0.303 e. The summed E-state index contributed by atoms with van der Waals surface area (Å²) < 4.78 is 1.99. The molecule has 1 fully saturated rings. The minimum Gasteiger partial charge on any atom is -0.303 e. The Hall–Kier alpha value is -0.610. The number of hydrogen-bond donors (Lipinski definition) is 1. The van der Waals surface area contributed by atoms with Crippen molar-refractivity contribution in [3.8, 4) is 0 Å². The van der Waals surface area contributed by atoms with Crippen molar-refractivity contribution in [2.24, 2.45) is 5.92 Å². The number of aromatic nitrogens is 3. The fourth-order valence-corrected chi connectivity index (χ4v) is 2.96. The monoisotopic (exact) mass is 270 g/mol. The third kappa shape index (κ3) is 3.23. The summed E-state index contributed by atoms with van der Waals surface area (Å²) in [6.45, 7) is 6.07. The van der Waals surface area contributed by atoms with E-state index >= 15 is 0 Å². The van der Waals surface area contributed by atoms with Crippen molar-refractivity contribution in [2.75, 3.05) is 5.88 Å².